The first-order valence-corrected chi connectivity index (χ1v) is 7.54. The number of ether oxygens (including phenoxy) is 1. The van der Waals surface area contributed by atoms with Gasteiger partial charge in [0.2, 0.25) is 0 Å². The molecule has 1 aliphatic carbocycles. The highest BCUT2D eigenvalue weighted by atomic mass is 79.9. The molecule has 0 heterocycles. The molecule has 20 heavy (non-hydrogen) atoms. The molecule has 0 amide bonds. The zero-order chi connectivity index (χ0) is 13.9. The number of Topliss-reactive ketones (excluding diaryl/α,β-unsaturated/α-hetero) is 1. The lowest BCUT2D eigenvalue weighted by Crippen LogP contribution is -2.04. The first-order valence-electron chi connectivity index (χ1n) is 6.75. The fourth-order valence-corrected chi connectivity index (χ4v) is 2.48. The third-order valence-corrected chi connectivity index (χ3v) is 3.75. The largest absolute Gasteiger partial charge is 0.490 e. The Hall–Kier alpha value is -1.61. The summed E-state index contributed by atoms with van der Waals surface area (Å²) in [6, 6.07) is 15.3. The van der Waals surface area contributed by atoms with E-state index in [0.29, 0.717) is 12.5 Å². The zero-order valence-electron chi connectivity index (χ0n) is 11.0. The second-order valence-corrected chi connectivity index (χ2v) is 5.99. The summed E-state index contributed by atoms with van der Waals surface area (Å²) in [6.45, 7) is 0. The van der Waals surface area contributed by atoms with Crippen LogP contribution in [0.5, 0.6) is 5.75 Å². The maximum absolute atomic E-state index is 12.2. The van der Waals surface area contributed by atoms with E-state index in [2.05, 4.69) is 15.9 Å². The van der Waals surface area contributed by atoms with Crippen molar-refractivity contribution in [2.45, 2.75) is 25.4 Å². The number of carbonyl (C=O) groups is 1. The maximum atomic E-state index is 12.2. The van der Waals surface area contributed by atoms with Gasteiger partial charge in [0.25, 0.3) is 0 Å². The number of hydrogen-bond donors (Lipinski definition) is 0. The topological polar surface area (TPSA) is 26.3 Å². The van der Waals surface area contributed by atoms with Gasteiger partial charge in [0.05, 0.1) is 6.10 Å². The predicted octanol–water partition coefficient (Wildman–Crippen LogP) is 4.42. The molecule has 0 radical (unpaired) electrons. The standard InChI is InChI=1S/C17H15BrO2/c18-14-3-1-2-12(10-14)11-17(19)13-4-6-15(7-5-13)20-16-8-9-16/h1-7,10,16H,8-9,11H2. The third-order valence-electron chi connectivity index (χ3n) is 3.26. The summed E-state index contributed by atoms with van der Waals surface area (Å²) in [7, 11) is 0. The maximum Gasteiger partial charge on any atom is 0.167 e. The molecule has 102 valence electrons. The van der Waals surface area contributed by atoms with Crippen LogP contribution in [0.25, 0.3) is 0 Å². The van der Waals surface area contributed by atoms with E-state index in [9.17, 15) is 4.79 Å². The molecule has 0 N–H and O–H groups in total. The minimum Gasteiger partial charge on any atom is -0.490 e. The molecule has 1 fully saturated rings. The van der Waals surface area contributed by atoms with Crippen LogP contribution in [0.3, 0.4) is 0 Å². The van der Waals surface area contributed by atoms with Gasteiger partial charge in [-0.1, -0.05) is 28.1 Å². The lowest BCUT2D eigenvalue weighted by atomic mass is 10.0. The van der Waals surface area contributed by atoms with E-state index in [4.69, 9.17) is 4.74 Å². The Bertz CT molecular complexity index is 615. The summed E-state index contributed by atoms with van der Waals surface area (Å²) in [6.07, 6.45) is 3.09. The quantitative estimate of drug-likeness (QED) is 0.759. The van der Waals surface area contributed by atoms with Gasteiger partial charge in [-0.15, -0.1) is 0 Å². The Labute approximate surface area is 126 Å². The zero-order valence-corrected chi connectivity index (χ0v) is 12.6. The van der Waals surface area contributed by atoms with Gasteiger partial charge in [-0.25, -0.2) is 0 Å². The molecule has 1 saturated carbocycles. The van der Waals surface area contributed by atoms with Crippen LogP contribution >= 0.6 is 15.9 Å². The fraction of sp³-hybridized carbons (Fsp3) is 0.235. The van der Waals surface area contributed by atoms with Crippen molar-refractivity contribution in [1.29, 1.82) is 0 Å². The molecule has 2 aromatic carbocycles. The van der Waals surface area contributed by atoms with E-state index < -0.39 is 0 Å². The summed E-state index contributed by atoms with van der Waals surface area (Å²) in [5.74, 6) is 0.979. The van der Waals surface area contributed by atoms with Crippen LogP contribution in [0, 0.1) is 0 Å². The summed E-state index contributed by atoms with van der Waals surface area (Å²) in [5.41, 5.74) is 1.75. The van der Waals surface area contributed by atoms with E-state index >= 15 is 0 Å². The van der Waals surface area contributed by atoms with Crippen LogP contribution < -0.4 is 4.74 Å². The number of ketones is 1. The molecule has 0 bridgehead atoms. The minimum atomic E-state index is 0.126. The molecular formula is C17H15BrO2. The van der Waals surface area contributed by atoms with Crippen molar-refractivity contribution >= 4 is 21.7 Å². The van der Waals surface area contributed by atoms with Crippen LogP contribution in [0.4, 0.5) is 0 Å². The molecule has 1 aliphatic rings. The molecule has 3 heteroatoms. The summed E-state index contributed by atoms with van der Waals surface area (Å²) >= 11 is 3.42. The molecule has 0 aliphatic heterocycles. The highest BCUT2D eigenvalue weighted by molar-refractivity contribution is 9.10. The van der Waals surface area contributed by atoms with Crippen molar-refractivity contribution in [2.75, 3.05) is 0 Å². The number of carbonyl (C=O) groups excluding carboxylic acids is 1. The first-order chi connectivity index (χ1) is 9.70. The van der Waals surface area contributed by atoms with Crippen molar-refractivity contribution < 1.29 is 9.53 Å². The smallest absolute Gasteiger partial charge is 0.167 e. The summed E-state index contributed by atoms with van der Waals surface area (Å²) in [4.78, 5) is 12.2. The van der Waals surface area contributed by atoms with Crippen LogP contribution in [-0.4, -0.2) is 11.9 Å². The van der Waals surface area contributed by atoms with Gasteiger partial charge in [-0.05, 0) is 54.8 Å². The van der Waals surface area contributed by atoms with Gasteiger partial charge >= 0.3 is 0 Å². The molecule has 2 aromatic rings. The molecule has 3 rings (SSSR count). The van der Waals surface area contributed by atoms with Crippen molar-refractivity contribution in [2.24, 2.45) is 0 Å². The Morgan fingerprint density at radius 3 is 2.55 bits per heavy atom. The molecule has 0 atom stereocenters. The van der Waals surface area contributed by atoms with Crippen molar-refractivity contribution in [1.82, 2.24) is 0 Å². The van der Waals surface area contributed by atoms with Gasteiger partial charge < -0.3 is 4.74 Å². The normalized spacial score (nSPS) is 14.1. The lowest BCUT2D eigenvalue weighted by molar-refractivity contribution is 0.0993. The van der Waals surface area contributed by atoms with E-state index in [-0.39, 0.29) is 5.78 Å². The molecular weight excluding hydrogens is 316 g/mol. The van der Waals surface area contributed by atoms with Gasteiger partial charge in [0.15, 0.2) is 5.78 Å². The number of benzene rings is 2. The van der Waals surface area contributed by atoms with Gasteiger partial charge in [0, 0.05) is 16.5 Å². The van der Waals surface area contributed by atoms with Crippen molar-refractivity contribution in [3.63, 3.8) is 0 Å². The highest BCUT2D eigenvalue weighted by Gasteiger charge is 2.23. The Kier molecular flexibility index (Phi) is 3.88. The Morgan fingerprint density at radius 1 is 1.15 bits per heavy atom. The number of halogens is 1. The third kappa shape index (κ3) is 3.48. The minimum absolute atomic E-state index is 0.126. The second kappa shape index (κ2) is 5.80. The van der Waals surface area contributed by atoms with Gasteiger partial charge in [-0.3, -0.25) is 4.79 Å². The average Bonchev–Trinajstić information content (AvgIpc) is 3.23. The van der Waals surface area contributed by atoms with Crippen molar-refractivity contribution in [3.8, 4) is 5.75 Å². The average molecular weight is 331 g/mol. The van der Waals surface area contributed by atoms with Gasteiger partial charge in [0.1, 0.15) is 5.75 Å². The SMILES string of the molecule is O=C(Cc1cccc(Br)c1)c1ccc(OC2CC2)cc1. The van der Waals surface area contributed by atoms with E-state index in [1.165, 1.54) is 0 Å². The predicted molar refractivity (Wildman–Crippen MR) is 82.3 cm³/mol. The Balaban J connectivity index is 1.66. The van der Waals surface area contributed by atoms with E-state index in [1.54, 1.807) is 0 Å². The van der Waals surface area contributed by atoms with E-state index in [1.807, 2.05) is 48.5 Å². The van der Waals surface area contributed by atoms with Crippen LogP contribution in [0.1, 0.15) is 28.8 Å². The molecule has 0 saturated heterocycles. The fourth-order valence-electron chi connectivity index (χ4n) is 2.03. The molecule has 0 aromatic heterocycles. The van der Waals surface area contributed by atoms with Crippen LogP contribution in [0.15, 0.2) is 53.0 Å². The summed E-state index contributed by atoms with van der Waals surface area (Å²) < 4.78 is 6.67. The summed E-state index contributed by atoms with van der Waals surface area (Å²) in [5, 5.41) is 0. The Morgan fingerprint density at radius 2 is 1.90 bits per heavy atom. The lowest BCUT2D eigenvalue weighted by Gasteiger charge is -2.06. The van der Waals surface area contributed by atoms with Crippen LogP contribution in [-0.2, 0) is 6.42 Å². The highest BCUT2D eigenvalue weighted by Crippen LogP contribution is 2.26. The molecule has 2 nitrogen and oxygen atoms in total. The van der Waals surface area contributed by atoms with Crippen molar-refractivity contribution in [3.05, 3.63) is 64.1 Å². The molecule has 0 unspecified atom stereocenters. The number of hydrogen-bond acceptors (Lipinski definition) is 2. The van der Waals surface area contributed by atoms with E-state index in [0.717, 1.165) is 34.2 Å². The van der Waals surface area contributed by atoms with Gasteiger partial charge in [-0.2, -0.15) is 0 Å². The van der Waals surface area contributed by atoms with Crippen LogP contribution in [0.2, 0.25) is 0 Å². The number of rotatable bonds is 5. The molecule has 0 spiro atoms. The monoisotopic (exact) mass is 330 g/mol. The second-order valence-electron chi connectivity index (χ2n) is 5.07. The first kappa shape index (κ1) is 13.4.